The van der Waals surface area contributed by atoms with Crippen LogP contribution in [0.5, 0.6) is 0 Å². The molecule has 2 aromatic carbocycles. The third-order valence-corrected chi connectivity index (χ3v) is 3.83. The number of fused-ring (bicyclic) bond motifs is 1. The molecule has 0 spiro atoms. The Morgan fingerprint density at radius 1 is 1.04 bits per heavy atom. The van der Waals surface area contributed by atoms with Gasteiger partial charge in [-0.3, -0.25) is 4.79 Å². The van der Waals surface area contributed by atoms with Crippen molar-refractivity contribution in [1.29, 1.82) is 0 Å². The van der Waals surface area contributed by atoms with Gasteiger partial charge >= 0.3 is 0 Å². The second-order valence-electron chi connectivity index (χ2n) is 5.43. The number of aryl methyl sites for hydroxylation is 1. The first-order valence-corrected chi connectivity index (χ1v) is 7.63. The quantitative estimate of drug-likeness (QED) is 0.787. The monoisotopic (exact) mass is 311 g/mol. The lowest BCUT2D eigenvalue weighted by molar-refractivity contribution is 0.549. The van der Waals surface area contributed by atoms with E-state index < -0.39 is 0 Å². The van der Waals surface area contributed by atoms with Gasteiger partial charge in [-0.2, -0.15) is 5.10 Å². The Morgan fingerprint density at radius 3 is 2.48 bits per heavy atom. The molecule has 0 fully saturated rings. The fourth-order valence-corrected chi connectivity index (χ4v) is 2.65. The molecule has 1 heterocycles. The molecule has 0 aliphatic rings. The van der Waals surface area contributed by atoms with Gasteiger partial charge in [0.05, 0.1) is 11.1 Å². The van der Waals surface area contributed by atoms with Crippen LogP contribution in [0.2, 0.25) is 0 Å². The molecule has 0 amide bonds. The average molecular weight is 311 g/mol. The fraction of sp³-hybridized carbons (Fsp3) is 0.222. The molecule has 4 nitrogen and oxygen atoms in total. The molecule has 0 saturated carbocycles. The maximum absolute atomic E-state index is 13.9. The molecule has 1 aromatic heterocycles. The number of nitrogens with two attached hydrogens (primary N) is 1. The predicted octanol–water partition coefficient (Wildman–Crippen LogP) is 2.48. The highest BCUT2D eigenvalue weighted by atomic mass is 19.1. The number of rotatable bonds is 5. The zero-order valence-electron chi connectivity index (χ0n) is 12.7. The first-order chi connectivity index (χ1) is 11.2. The molecule has 0 unspecified atom stereocenters. The lowest BCUT2D eigenvalue weighted by Gasteiger charge is -2.11. The van der Waals surface area contributed by atoms with Gasteiger partial charge in [-0.05, 0) is 30.7 Å². The van der Waals surface area contributed by atoms with Crippen molar-refractivity contribution in [3.63, 3.8) is 0 Å². The smallest absolute Gasteiger partial charge is 0.274 e. The second-order valence-corrected chi connectivity index (χ2v) is 5.43. The Balaban J connectivity index is 2.13. The molecule has 0 aliphatic heterocycles. The summed E-state index contributed by atoms with van der Waals surface area (Å²) in [4.78, 5) is 12.5. The van der Waals surface area contributed by atoms with Gasteiger partial charge in [0, 0.05) is 18.4 Å². The molecule has 0 radical (unpaired) electrons. The topological polar surface area (TPSA) is 60.9 Å². The molecule has 3 rings (SSSR count). The number of nitrogens with zero attached hydrogens (tertiary/aromatic N) is 2. The van der Waals surface area contributed by atoms with E-state index in [1.807, 2.05) is 18.2 Å². The van der Waals surface area contributed by atoms with E-state index in [0.29, 0.717) is 42.6 Å². The van der Waals surface area contributed by atoms with Gasteiger partial charge in [0.25, 0.3) is 5.56 Å². The number of hydrogen-bond acceptors (Lipinski definition) is 3. The highest BCUT2D eigenvalue weighted by molar-refractivity contribution is 5.83. The molecule has 0 bridgehead atoms. The van der Waals surface area contributed by atoms with Gasteiger partial charge in [0.15, 0.2) is 0 Å². The highest BCUT2D eigenvalue weighted by Crippen LogP contribution is 2.18. The minimum Gasteiger partial charge on any atom is -0.330 e. The number of hydrogen-bond donors (Lipinski definition) is 1. The van der Waals surface area contributed by atoms with E-state index in [-0.39, 0.29) is 11.4 Å². The van der Waals surface area contributed by atoms with Crippen LogP contribution in [0.15, 0.2) is 53.3 Å². The predicted molar refractivity (Wildman–Crippen MR) is 88.9 cm³/mol. The normalized spacial score (nSPS) is 11.0. The van der Waals surface area contributed by atoms with Crippen molar-refractivity contribution in [1.82, 2.24) is 9.78 Å². The van der Waals surface area contributed by atoms with Gasteiger partial charge in [0.1, 0.15) is 5.82 Å². The van der Waals surface area contributed by atoms with Crippen LogP contribution in [-0.2, 0) is 13.0 Å². The molecular weight excluding hydrogens is 293 g/mol. The SMILES string of the molecule is NCCCn1nc(Cc2ccccc2F)c2ccccc2c1=O. The summed E-state index contributed by atoms with van der Waals surface area (Å²) in [7, 11) is 0. The standard InChI is InChI=1S/C18H18FN3O/c19-16-9-4-1-6-13(16)12-17-14-7-2-3-8-15(14)18(23)22(21-17)11-5-10-20/h1-4,6-9H,5,10-12,20H2. The van der Waals surface area contributed by atoms with Crippen LogP contribution in [0.3, 0.4) is 0 Å². The first-order valence-electron chi connectivity index (χ1n) is 7.63. The van der Waals surface area contributed by atoms with Crippen LogP contribution >= 0.6 is 0 Å². The van der Waals surface area contributed by atoms with Gasteiger partial charge < -0.3 is 5.73 Å². The first kappa shape index (κ1) is 15.4. The van der Waals surface area contributed by atoms with E-state index in [0.717, 1.165) is 5.39 Å². The van der Waals surface area contributed by atoms with E-state index in [9.17, 15) is 9.18 Å². The van der Waals surface area contributed by atoms with Crippen molar-refractivity contribution in [3.8, 4) is 0 Å². The maximum Gasteiger partial charge on any atom is 0.274 e. The van der Waals surface area contributed by atoms with Crippen LogP contribution in [0, 0.1) is 5.82 Å². The average Bonchev–Trinajstić information content (AvgIpc) is 2.58. The Bertz CT molecular complexity index is 889. The zero-order chi connectivity index (χ0) is 16.2. The number of aromatic nitrogens is 2. The van der Waals surface area contributed by atoms with Crippen molar-refractivity contribution in [3.05, 3.63) is 76.0 Å². The Hall–Kier alpha value is -2.53. The summed E-state index contributed by atoms with van der Waals surface area (Å²) in [5.41, 5.74) is 6.66. The second kappa shape index (κ2) is 6.71. The summed E-state index contributed by atoms with van der Waals surface area (Å²) in [5, 5.41) is 5.83. The Morgan fingerprint density at radius 2 is 1.74 bits per heavy atom. The molecule has 0 aliphatic carbocycles. The van der Waals surface area contributed by atoms with Crippen LogP contribution < -0.4 is 11.3 Å². The van der Waals surface area contributed by atoms with Crippen LogP contribution in [0.1, 0.15) is 17.7 Å². The van der Waals surface area contributed by atoms with Crippen molar-refractivity contribution in [2.45, 2.75) is 19.4 Å². The molecule has 5 heteroatoms. The van der Waals surface area contributed by atoms with E-state index in [1.165, 1.54) is 10.7 Å². The van der Waals surface area contributed by atoms with Crippen LogP contribution in [0.25, 0.3) is 10.8 Å². The minimum absolute atomic E-state index is 0.133. The molecule has 0 atom stereocenters. The summed E-state index contributed by atoms with van der Waals surface area (Å²) in [6, 6.07) is 13.9. The van der Waals surface area contributed by atoms with Gasteiger partial charge in [0.2, 0.25) is 0 Å². The molecule has 2 N–H and O–H groups in total. The van der Waals surface area contributed by atoms with Gasteiger partial charge in [-0.25, -0.2) is 9.07 Å². The van der Waals surface area contributed by atoms with E-state index in [4.69, 9.17) is 5.73 Å². The maximum atomic E-state index is 13.9. The van der Waals surface area contributed by atoms with Crippen LogP contribution in [0.4, 0.5) is 4.39 Å². The van der Waals surface area contributed by atoms with Gasteiger partial charge in [-0.15, -0.1) is 0 Å². The lowest BCUT2D eigenvalue weighted by Crippen LogP contribution is -2.26. The van der Waals surface area contributed by atoms with Crippen molar-refractivity contribution in [2.24, 2.45) is 5.73 Å². The summed E-state index contributed by atoms with van der Waals surface area (Å²) >= 11 is 0. The van der Waals surface area contributed by atoms with E-state index in [2.05, 4.69) is 5.10 Å². The lowest BCUT2D eigenvalue weighted by atomic mass is 10.0. The minimum atomic E-state index is -0.266. The molecule has 3 aromatic rings. The molecule has 0 saturated heterocycles. The summed E-state index contributed by atoms with van der Waals surface area (Å²) in [6.45, 7) is 0.952. The Labute approximate surface area is 133 Å². The summed E-state index contributed by atoms with van der Waals surface area (Å²) in [5.74, 6) is -0.266. The van der Waals surface area contributed by atoms with Crippen molar-refractivity contribution in [2.75, 3.05) is 6.54 Å². The number of halogens is 1. The Kier molecular flexibility index (Phi) is 4.48. The zero-order valence-corrected chi connectivity index (χ0v) is 12.7. The van der Waals surface area contributed by atoms with E-state index in [1.54, 1.807) is 24.3 Å². The van der Waals surface area contributed by atoms with Crippen LogP contribution in [-0.4, -0.2) is 16.3 Å². The molecule has 118 valence electrons. The van der Waals surface area contributed by atoms with Gasteiger partial charge in [-0.1, -0.05) is 36.4 Å². The van der Waals surface area contributed by atoms with Crippen molar-refractivity contribution < 1.29 is 4.39 Å². The molecular formula is C18H18FN3O. The van der Waals surface area contributed by atoms with E-state index >= 15 is 0 Å². The molecule has 23 heavy (non-hydrogen) atoms. The highest BCUT2D eigenvalue weighted by Gasteiger charge is 2.12. The number of benzene rings is 2. The summed E-state index contributed by atoms with van der Waals surface area (Å²) in [6.07, 6.45) is 1.01. The third-order valence-electron chi connectivity index (χ3n) is 3.83. The largest absolute Gasteiger partial charge is 0.330 e. The fourth-order valence-electron chi connectivity index (χ4n) is 2.65. The summed E-state index contributed by atoms with van der Waals surface area (Å²) < 4.78 is 15.4. The van der Waals surface area contributed by atoms with Crippen molar-refractivity contribution >= 4 is 10.8 Å². The third kappa shape index (κ3) is 3.14.